The minimum atomic E-state index is 0.400. The van der Waals surface area contributed by atoms with E-state index in [2.05, 4.69) is 66.1 Å². The van der Waals surface area contributed by atoms with Crippen molar-refractivity contribution in [3.8, 4) is 11.3 Å². The van der Waals surface area contributed by atoms with Gasteiger partial charge in [0.1, 0.15) is 6.33 Å². The van der Waals surface area contributed by atoms with Crippen molar-refractivity contribution in [2.24, 2.45) is 0 Å². The number of fused-ring (bicyclic) bond motifs is 2. The van der Waals surface area contributed by atoms with Gasteiger partial charge < -0.3 is 9.88 Å². The molecule has 6 heteroatoms. The monoisotopic (exact) mass is 442 g/mol. The van der Waals surface area contributed by atoms with Crippen LogP contribution in [0.2, 0.25) is 0 Å². The number of aryl methyl sites for hydroxylation is 1. The van der Waals surface area contributed by atoms with E-state index in [0.717, 1.165) is 17.2 Å². The zero-order valence-corrected chi connectivity index (χ0v) is 20.2. The first-order valence-electron chi connectivity index (χ1n) is 12.6. The van der Waals surface area contributed by atoms with Crippen LogP contribution in [0.5, 0.6) is 0 Å². The Bertz CT molecular complexity index is 1320. The van der Waals surface area contributed by atoms with Gasteiger partial charge in [-0.15, -0.1) is 0 Å². The van der Waals surface area contributed by atoms with E-state index >= 15 is 0 Å². The van der Waals surface area contributed by atoms with Crippen molar-refractivity contribution in [3.63, 3.8) is 0 Å². The zero-order valence-electron chi connectivity index (χ0n) is 20.2. The van der Waals surface area contributed by atoms with Gasteiger partial charge in [0.25, 0.3) is 0 Å². The number of likely N-dealkylation sites (tertiary alicyclic amines) is 1. The Kier molecular flexibility index (Phi) is 5.02. The molecule has 2 fully saturated rings. The van der Waals surface area contributed by atoms with Crippen LogP contribution in [0.3, 0.4) is 0 Å². The van der Waals surface area contributed by atoms with Crippen LogP contribution in [0.25, 0.3) is 27.8 Å². The van der Waals surface area contributed by atoms with Crippen molar-refractivity contribution in [1.29, 1.82) is 0 Å². The average molecular weight is 443 g/mol. The Balaban J connectivity index is 1.40. The van der Waals surface area contributed by atoms with E-state index in [-0.39, 0.29) is 0 Å². The van der Waals surface area contributed by atoms with Gasteiger partial charge in [-0.05, 0) is 87.7 Å². The molecule has 33 heavy (non-hydrogen) atoms. The number of hydrogen-bond donors (Lipinski definition) is 1. The highest BCUT2D eigenvalue weighted by Gasteiger charge is 2.30. The fourth-order valence-electron chi connectivity index (χ4n) is 6.06. The minimum absolute atomic E-state index is 0.400. The summed E-state index contributed by atoms with van der Waals surface area (Å²) >= 11 is 0. The fraction of sp³-hybridized carbons (Fsp3) is 0.519. The van der Waals surface area contributed by atoms with Crippen molar-refractivity contribution < 1.29 is 0 Å². The second-order valence-electron chi connectivity index (χ2n) is 10.4. The van der Waals surface area contributed by atoms with E-state index in [1.807, 2.05) is 4.52 Å². The summed E-state index contributed by atoms with van der Waals surface area (Å²) in [4.78, 5) is 15.8. The van der Waals surface area contributed by atoms with Gasteiger partial charge in [0.15, 0.2) is 5.65 Å². The van der Waals surface area contributed by atoms with Crippen LogP contribution in [-0.2, 0) is 0 Å². The molecule has 0 bridgehead atoms. The number of aromatic nitrogens is 5. The molecule has 4 aromatic heterocycles. The molecule has 1 saturated carbocycles. The van der Waals surface area contributed by atoms with Gasteiger partial charge >= 0.3 is 0 Å². The van der Waals surface area contributed by atoms with Crippen molar-refractivity contribution in [3.05, 3.63) is 47.2 Å². The van der Waals surface area contributed by atoms with Gasteiger partial charge in [0.05, 0.1) is 17.4 Å². The number of H-pyrrole nitrogens is 1. The average Bonchev–Trinajstić information content (AvgIpc) is 3.39. The molecule has 0 aromatic carbocycles. The van der Waals surface area contributed by atoms with Gasteiger partial charge in [0.2, 0.25) is 0 Å². The van der Waals surface area contributed by atoms with E-state index in [0.29, 0.717) is 11.8 Å². The largest absolute Gasteiger partial charge is 0.353 e. The number of nitrogens with zero attached hydrogens (tertiary/aromatic N) is 5. The quantitative estimate of drug-likeness (QED) is 0.437. The summed E-state index contributed by atoms with van der Waals surface area (Å²) in [6.07, 6.45) is 12.4. The highest BCUT2D eigenvalue weighted by molar-refractivity contribution is 5.92. The molecular weight excluding hydrogens is 408 g/mol. The summed E-state index contributed by atoms with van der Waals surface area (Å²) in [5, 5.41) is 5.74. The lowest BCUT2D eigenvalue weighted by molar-refractivity contribution is 0.0866. The molecular formula is C27H34N6. The molecule has 1 aliphatic carbocycles. The molecule has 1 aliphatic heterocycles. The second-order valence-corrected chi connectivity index (χ2v) is 10.4. The topological polar surface area (TPSA) is 62.1 Å². The van der Waals surface area contributed by atoms with E-state index in [1.165, 1.54) is 84.2 Å². The molecule has 0 spiro atoms. The summed E-state index contributed by atoms with van der Waals surface area (Å²) in [5.74, 6) is 0.984. The van der Waals surface area contributed by atoms with Gasteiger partial charge in [-0.25, -0.2) is 9.50 Å². The molecule has 5 heterocycles. The smallest absolute Gasteiger partial charge is 0.158 e. The molecule has 0 atom stereocenters. The molecule has 6 rings (SSSR count). The van der Waals surface area contributed by atoms with Crippen LogP contribution in [0.4, 0.5) is 0 Å². The summed E-state index contributed by atoms with van der Waals surface area (Å²) in [7, 11) is 0. The molecule has 4 aromatic rings. The highest BCUT2D eigenvalue weighted by Crippen LogP contribution is 2.40. The molecule has 0 radical (unpaired) electrons. The number of nitrogens with one attached hydrogen (secondary N) is 1. The van der Waals surface area contributed by atoms with Crippen molar-refractivity contribution >= 4 is 16.6 Å². The van der Waals surface area contributed by atoms with E-state index in [1.54, 1.807) is 6.33 Å². The molecule has 172 valence electrons. The van der Waals surface area contributed by atoms with Crippen LogP contribution in [0.1, 0.15) is 80.2 Å². The standard InChI is InChI=1S/C27H34N6/c1-16(2)25-21-12-23(19-6-8-20(9-7-19)32-10-5-11-32)28-13-24(21)31-26(25)22-14-33-27(29-15-30-33)18(4)17(22)3/h12-16,19-20,31H,5-11H2,1-4H3. The van der Waals surface area contributed by atoms with E-state index < -0.39 is 0 Å². The zero-order chi connectivity index (χ0) is 22.7. The maximum absolute atomic E-state index is 4.95. The summed E-state index contributed by atoms with van der Waals surface area (Å²) in [6.45, 7) is 11.5. The lowest BCUT2D eigenvalue weighted by Gasteiger charge is -2.41. The maximum Gasteiger partial charge on any atom is 0.158 e. The summed E-state index contributed by atoms with van der Waals surface area (Å²) < 4.78 is 1.90. The number of pyridine rings is 2. The van der Waals surface area contributed by atoms with Crippen LogP contribution >= 0.6 is 0 Å². The van der Waals surface area contributed by atoms with Crippen LogP contribution in [0.15, 0.2) is 24.8 Å². The minimum Gasteiger partial charge on any atom is -0.353 e. The Hall–Kier alpha value is -2.73. The van der Waals surface area contributed by atoms with Gasteiger partial charge in [-0.3, -0.25) is 4.98 Å². The first-order valence-corrected chi connectivity index (χ1v) is 12.6. The van der Waals surface area contributed by atoms with Crippen LogP contribution < -0.4 is 0 Å². The maximum atomic E-state index is 4.95. The summed E-state index contributed by atoms with van der Waals surface area (Å²) in [6, 6.07) is 3.19. The highest BCUT2D eigenvalue weighted by atomic mass is 15.3. The molecule has 1 saturated heterocycles. The Morgan fingerprint density at radius 3 is 2.52 bits per heavy atom. The molecule has 0 amide bonds. The normalized spacial score (nSPS) is 21.8. The van der Waals surface area contributed by atoms with E-state index in [9.17, 15) is 0 Å². The Morgan fingerprint density at radius 2 is 1.82 bits per heavy atom. The predicted molar refractivity (Wildman–Crippen MR) is 133 cm³/mol. The first kappa shape index (κ1) is 20.8. The lowest BCUT2D eigenvalue weighted by atomic mass is 9.82. The third-order valence-electron chi connectivity index (χ3n) is 8.24. The SMILES string of the molecule is Cc1c(-c2[nH]c3cnc(C4CCC(N5CCC5)CC4)cc3c2C(C)C)cn2ncnc2c1C. The number of hydrogen-bond acceptors (Lipinski definition) is 4. The fourth-order valence-corrected chi connectivity index (χ4v) is 6.06. The van der Waals surface area contributed by atoms with Gasteiger partial charge in [-0.1, -0.05) is 13.8 Å². The number of aromatic amines is 1. The lowest BCUT2D eigenvalue weighted by Crippen LogP contribution is -2.46. The molecule has 2 aliphatic rings. The van der Waals surface area contributed by atoms with Crippen LogP contribution in [0, 0.1) is 13.8 Å². The number of rotatable bonds is 4. The molecule has 0 unspecified atom stereocenters. The molecule has 6 nitrogen and oxygen atoms in total. The second kappa shape index (κ2) is 7.94. The van der Waals surface area contributed by atoms with Gasteiger partial charge in [0, 0.05) is 34.8 Å². The van der Waals surface area contributed by atoms with Gasteiger partial charge in [-0.2, -0.15) is 5.10 Å². The van der Waals surface area contributed by atoms with E-state index in [4.69, 9.17) is 4.98 Å². The Morgan fingerprint density at radius 1 is 1.03 bits per heavy atom. The first-order chi connectivity index (χ1) is 16.0. The van der Waals surface area contributed by atoms with Crippen molar-refractivity contribution in [2.75, 3.05) is 13.1 Å². The van der Waals surface area contributed by atoms with Crippen molar-refractivity contribution in [1.82, 2.24) is 29.5 Å². The summed E-state index contributed by atoms with van der Waals surface area (Å²) in [5.41, 5.74) is 9.53. The Labute approximate surface area is 195 Å². The molecule has 1 N–H and O–H groups in total. The third kappa shape index (κ3) is 3.38. The third-order valence-corrected chi connectivity index (χ3v) is 8.24. The predicted octanol–water partition coefficient (Wildman–Crippen LogP) is 5.74. The van der Waals surface area contributed by atoms with Crippen molar-refractivity contribution in [2.45, 2.75) is 77.7 Å². The van der Waals surface area contributed by atoms with Crippen LogP contribution in [-0.4, -0.2) is 48.6 Å².